The zero-order valence-corrected chi connectivity index (χ0v) is 15.2. The lowest BCUT2D eigenvalue weighted by molar-refractivity contribution is 0.145. The molecule has 0 aromatic carbocycles. The molecular formula is C13H20BrN3O2S2. The molecule has 0 amide bonds. The number of rotatable bonds is 3. The van der Waals surface area contributed by atoms with Crippen LogP contribution in [-0.2, 0) is 10.0 Å². The minimum Gasteiger partial charge on any atom is -0.315 e. The summed E-state index contributed by atoms with van der Waals surface area (Å²) in [5.74, 6) is 0. The SMILES string of the molecule is Cc1cc(S(=O)(=O)N2CCN(C3CCNC3)CC2)sc1Br. The summed E-state index contributed by atoms with van der Waals surface area (Å²) in [5, 5.41) is 3.37. The highest BCUT2D eigenvalue weighted by Gasteiger charge is 2.32. The maximum Gasteiger partial charge on any atom is 0.252 e. The van der Waals surface area contributed by atoms with E-state index < -0.39 is 10.0 Å². The van der Waals surface area contributed by atoms with Gasteiger partial charge in [0.1, 0.15) is 4.21 Å². The van der Waals surface area contributed by atoms with E-state index in [1.54, 1.807) is 10.4 Å². The van der Waals surface area contributed by atoms with Crippen molar-refractivity contribution in [3.05, 3.63) is 15.4 Å². The third-order valence-corrected chi connectivity index (χ3v) is 8.74. The Morgan fingerprint density at radius 3 is 2.57 bits per heavy atom. The first-order chi connectivity index (χ1) is 9.98. The van der Waals surface area contributed by atoms with E-state index in [1.165, 1.54) is 17.8 Å². The average Bonchev–Trinajstić information content (AvgIpc) is 3.10. The van der Waals surface area contributed by atoms with Crippen LogP contribution in [-0.4, -0.2) is 62.9 Å². The van der Waals surface area contributed by atoms with Crippen molar-refractivity contribution in [1.82, 2.24) is 14.5 Å². The first-order valence-electron chi connectivity index (χ1n) is 7.19. The molecule has 5 nitrogen and oxygen atoms in total. The fraction of sp³-hybridized carbons (Fsp3) is 0.692. The van der Waals surface area contributed by atoms with Gasteiger partial charge < -0.3 is 5.32 Å². The third-order valence-electron chi connectivity index (χ3n) is 4.25. The van der Waals surface area contributed by atoms with Crippen LogP contribution in [0.5, 0.6) is 0 Å². The molecule has 1 atom stereocenters. The number of aryl methyl sites for hydroxylation is 1. The first-order valence-corrected chi connectivity index (χ1v) is 10.2. The summed E-state index contributed by atoms with van der Waals surface area (Å²) in [6, 6.07) is 2.34. The Balaban J connectivity index is 1.68. The predicted molar refractivity (Wildman–Crippen MR) is 88.4 cm³/mol. The minimum absolute atomic E-state index is 0.447. The van der Waals surface area contributed by atoms with Gasteiger partial charge in [-0.15, -0.1) is 11.3 Å². The summed E-state index contributed by atoms with van der Waals surface area (Å²) in [5.41, 5.74) is 0.981. The molecule has 2 saturated heterocycles. The van der Waals surface area contributed by atoms with Crippen LogP contribution in [0.15, 0.2) is 14.1 Å². The van der Waals surface area contributed by atoms with E-state index in [0.717, 1.165) is 35.5 Å². The molecule has 118 valence electrons. The topological polar surface area (TPSA) is 52.7 Å². The number of hydrogen-bond acceptors (Lipinski definition) is 5. The van der Waals surface area contributed by atoms with Crippen molar-refractivity contribution in [2.24, 2.45) is 0 Å². The Morgan fingerprint density at radius 2 is 2.05 bits per heavy atom. The lowest BCUT2D eigenvalue weighted by Gasteiger charge is -2.36. The zero-order chi connectivity index (χ0) is 15.0. The van der Waals surface area contributed by atoms with E-state index in [0.29, 0.717) is 23.3 Å². The molecule has 2 aliphatic heterocycles. The van der Waals surface area contributed by atoms with Gasteiger partial charge in [-0.2, -0.15) is 4.31 Å². The molecule has 1 aromatic rings. The van der Waals surface area contributed by atoms with Crippen molar-refractivity contribution in [1.29, 1.82) is 0 Å². The van der Waals surface area contributed by atoms with E-state index in [1.807, 2.05) is 6.92 Å². The second-order valence-corrected chi connectivity index (χ2v) is 10.1. The van der Waals surface area contributed by atoms with Gasteiger partial charge in [-0.3, -0.25) is 4.90 Å². The van der Waals surface area contributed by atoms with Crippen LogP contribution in [0.3, 0.4) is 0 Å². The highest BCUT2D eigenvalue weighted by Crippen LogP contribution is 2.32. The van der Waals surface area contributed by atoms with Crippen LogP contribution < -0.4 is 5.32 Å². The van der Waals surface area contributed by atoms with Crippen LogP contribution in [0, 0.1) is 6.92 Å². The minimum atomic E-state index is -3.33. The van der Waals surface area contributed by atoms with Crippen molar-refractivity contribution in [3.63, 3.8) is 0 Å². The fourth-order valence-corrected chi connectivity index (χ4v) is 6.75. The van der Waals surface area contributed by atoms with Gasteiger partial charge in [0.15, 0.2) is 0 Å². The highest BCUT2D eigenvalue weighted by molar-refractivity contribution is 9.11. The zero-order valence-electron chi connectivity index (χ0n) is 12.0. The smallest absolute Gasteiger partial charge is 0.252 e. The van der Waals surface area contributed by atoms with Gasteiger partial charge in [0.05, 0.1) is 3.79 Å². The molecule has 1 aromatic heterocycles. The molecule has 1 N–H and O–H groups in total. The van der Waals surface area contributed by atoms with Crippen molar-refractivity contribution in [2.75, 3.05) is 39.3 Å². The van der Waals surface area contributed by atoms with Gasteiger partial charge in [0, 0.05) is 38.8 Å². The molecular weight excluding hydrogens is 374 g/mol. The van der Waals surface area contributed by atoms with E-state index in [-0.39, 0.29) is 0 Å². The van der Waals surface area contributed by atoms with Crippen LogP contribution in [0.1, 0.15) is 12.0 Å². The molecule has 8 heteroatoms. The molecule has 0 spiro atoms. The first kappa shape index (κ1) is 15.9. The van der Waals surface area contributed by atoms with Gasteiger partial charge in [-0.05, 0) is 47.4 Å². The van der Waals surface area contributed by atoms with Crippen molar-refractivity contribution >= 4 is 37.3 Å². The lowest BCUT2D eigenvalue weighted by atomic mass is 10.2. The Bertz CT molecular complexity index is 583. The molecule has 3 rings (SSSR count). The second kappa shape index (κ2) is 6.25. The standard InChI is InChI=1S/C13H20BrN3O2S2/c1-10-8-12(20-13(10)14)21(18,19)17-6-4-16(5-7-17)11-2-3-15-9-11/h8,11,15H,2-7,9H2,1H3. The maximum absolute atomic E-state index is 12.7. The molecule has 0 saturated carbocycles. The molecule has 0 aliphatic carbocycles. The number of sulfonamides is 1. The highest BCUT2D eigenvalue weighted by atomic mass is 79.9. The number of nitrogens with zero attached hydrogens (tertiary/aromatic N) is 2. The Kier molecular flexibility index (Phi) is 4.73. The van der Waals surface area contributed by atoms with E-state index in [2.05, 4.69) is 26.1 Å². The number of thiophene rings is 1. The third kappa shape index (κ3) is 3.20. The number of piperazine rings is 1. The van der Waals surface area contributed by atoms with Crippen molar-refractivity contribution in [3.8, 4) is 0 Å². The molecule has 0 bridgehead atoms. The molecule has 21 heavy (non-hydrogen) atoms. The molecule has 3 heterocycles. The normalized spacial score (nSPS) is 25.5. The molecule has 0 radical (unpaired) electrons. The molecule has 2 fully saturated rings. The quantitative estimate of drug-likeness (QED) is 0.844. The summed E-state index contributed by atoms with van der Waals surface area (Å²) < 4.78 is 28.3. The Hall–Kier alpha value is 0.01000. The van der Waals surface area contributed by atoms with E-state index >= 15 is 0 Å². The van der Waals surface area contributed by atoms with Crippen LogP contribution in [0.4, 0.5) is 0 Å². The number of halogens is 1. The lowest BCUT2D eigenvalue weighted by Crippen LogP contribution is -2.52. The summed E-state index contributed by atoms with van der Waals surface area (Å²) in [4.78, 5) is 2.42. The van der Waals surface area contributed by atoms with Gasteiger partial charge in [0.2, 0.25) is 0 Å². The maximum atomic E-state index is 12.7. The fourth-order valence-electron chi connectivity index (χ4n) is 2.95. The van der Waals surface area contributed by atoms with Crippen molar-refractivity contribution < 1.29 is 8.42 Å². The summed E-state index contributed by atoms with van der Waals surface area (Å²) in [6.07, 6.45) is 1.17. The van der Waals surface area contributed by atoms with Gasteiger partial charge in [-0.1, -0.05) is 0 Å². The number of hydrogen-bond donors (Lipinski definition) is 1. The Labute approximate surface area is 138 Å². The monoisotopic (exact) mass is 393 g/mol. The second-order valence-electron chi connectivity index (χ2n) is 5.61. The van der Waals surface area contributed by atoms with Crippen molar-refractivity contribution in [2.45, 2.75) is 23.6 Å². The van der Waals surface area contributed by atoms with Gasteiger partial charge >= 0.3 is 0 Å². The average molecular weight is 394 g/mol. The van der Waals surface area contributed by atoms with Gasteiger partial charge in [0.25, 0.3) is 10.0 Å². The largest absolute Gasteiger partial charge is 0.315 e. The summed E-state index contributed by atoms with van der Waals surface area (Å²) in [7, 11) is -3.33. The van der Waals surface area contributed by atoms with E-state index in [4.69, 9.17) is 0 Å². The van der Waals surface area contributed by atoms with E-state index in [9.17, 15) is 8.42 Å². The van der Waals surface area contributed by atoms with Crippen LogP contribution in [0.25, 0.3) is 0 Å². The van der Waals surface area contributed by atoms with Gasteiger partial charge in [-0.25, -0.2) is 8.42 Å². The van der Waals surface area contributed by atoms with Crippen LogP contribution >= 0.6 is 27.3 Å². The Morgan fingerprint density at radius 1 is 1.33 bits per heavy atom. The molecule has 1 unspecified atom stereocenters. The summed E-state index contributed by atoms with van der Waals surface area (Å²) >= 11 is 4.71. The predicted octanol–water partition coefficient (Wildman–Crippen LogP) is 1.49. The van der Waals surface area contributed by atoms with Crippen LogP contribution in [0.2, 0.25) is 0 Å². The molecule has 2 aliphatic rings. The number of nitrogens with one attached hydrogen (secondary N) is 1. The summed E-state index contributed by atoms with van der Waals surface area (Å²) in [6.45, 7) is 6.87.